The number of hydrogen-bond donors (Lipinski definition) is 0. The van der Waals surface area contributed by atoms with Crippen LogP contribution in [0.15, 0.2) is 60.8 Å². The van der Waals surface area contributed by atoms with E-state index in [2.05, 4.69) is 29.7 Å². The van der Waals surface area contributed by atoms with Gasteiger partial charge in [-0.1, -0.05) is 53.8 Å². The highest BCUT2D eigenvalue weighted by molar-refractivity contribution is 7.20. The van der Waals surface area contributed by atoms with Crippen LogP contribution in [0.3, 0.4) is 0 Å². The van der Waals surface area contributed by atoms with Crippen LogP contribution >= 0.6 is 11.3 Å². The molecule has 108 valence electrons. The number of hydrogen-bond acceptors (Lipinski definition) is 2. The molecule has 2 heterocycles. The molecule has 0 radical (unpaired) electrons. The van der Waals surface area contributed by atoms with Crippen LogP contribution in [0.2, 0.25) is 0 Å². The average molecular weight is 308 g/mol. The first-order valence-electron chi connectivity index (χ1n) is 7.02. The van der Waals surface area contributed by atoms with E-state index in [4.69, 9.17) is 4.98 Å². The number of nitrogens with zero attached hydrogens (tertiary/aromatic N) is 2. The van der Waals surface area contributed by atoms with Crippen molar-refractivity contribution in [2.24, 2.45) is 0 Å². The summed E-state index contributed by atoms with van der Waals surface area (Å²) in [7, 11) is 0. The van der Waals surface area contributed by atoms with Gasteiger partial charge in [0.05, 0.1) is 10.6 Å². The van der Waals surface area contributed by atoms with Gasteiger partial charge in [0.2, 0.25) is 0 Å². The fourth-order valence-electron chi connectivity index (χ4n) is 2.57. The average Bonchev–Trinajstić information content (AvgIpc) is 3.09. The first-order valence-corrected chi connectivity index (χ1v) is 7.84. The number of imidazole rings is 1. The van der Waals surface area contributed by atoms with E-state index in [1.165, 1.54) is 12.1 Å². The monoisotopic (exact) mass is 308 g/mol. The molecule has 4 rings (SSSR count). The van der Waals surface area contributed by atoms with E-state index in [-0.39, 0.29) is 5.82 Å². The summed E-state index contributed by atoms with van der Waals surface area (Å²) >= 11 is 1.63. The maximum Gasteiger partial charge on any atom is 0.195 e. The fourth-order valence-corrected chi connectivity index (χ4v) is 3.68. The van der Waals surface area contributed by atoms with E-state index in [1.807, 2.05) is 30.3 Å². The molecule has 0 atom stereocenters. The molecule has 0 aliphatic carbocycles. The van der Waals surface area contributed by atoms with Gasteiger partial charge >= 0.3 is 0 Å². The van der Waals surface area contributed by atoms with Gasteiger partial charge in [-0.15, -0.1) is 0 Å². The molecule has 0 bridgehead atoms. The quantitative estimate of drug-likeness (QED) is 0.499. The van der Waals surface area contributed by atoms with Crippen molar-refractivity contribution in [1.29, 1.82) is 0 Å². The molecule has 0 saturated carbocycles. The summed E-state index contributed by atoms with van der Waals surface area (Å²) in [5, 5.41) is 0. The Morgan fingerprint density at radius 2 is 1.68 bits per heavy atom. The normalized spacial score (nSPS) is 11.2. The maximum absolute atomic E-state index is 13.1. The molecule has 2 aromatic heterocycles. The molecule has 0 spiro atoms. The molecular weight excluding hydrogens is 295 g/mol. The molecule has 22 heavy (non-hydrogen) atoms. The molecule has 0 aliphatic heterocycles. The Balaban J connectivity index is 1.82. The lowest BCUT2D eigenvalue weighted by Crippen LogP contribution is -1.84. The second-order valence-electron chi connectivity index (χ2n) is 5.17. The number of halogens is 1. The maximum atomic E-state index is 13.1. The first kappa shape index (κ1) is 13.2. The van der Waals surface area contributed by atoms with Gasteiger partial charge in [0.1, 0.15) is 5.82 Å². The van der Waals surface area contributed by atoms with Crippen molar-refractivity contribution in [2.75, 3.05) is 0 Å². The minimum atomic E-state index is -0.214. The molecule has 2 aromatic carbocycles. The van der Waals surface area contributed by atoms with Crippen molar-refractivity contribution in [2.45, 2.75) is 6.92 Å². The van der Waals surface area contributed by atoms with Gasteiger partial charge in [0.25, 0.3) is 0 Å². The van der Waals surface area contributed by atoms with Crippen molar-refractivity contribution >= 4 is 16.3 Å². The summed E-state index contributed by atoms with van der Waals surface area (Å²) in [5.41, 5.74) is 4.23. The highest BCUT2D eigenvalue weighted by Crippen LogP contribution is 2.34. The Hall–Kier alpha value is -2.46. The lowest BCUT2D eigenvalue weighted by molar-refractivity contribution is 0.628. The number of aryl methyl sites for hydroxylation is 1. The third kappa shape index (κ3) is 2.12. The van der Waals surface area contributed by atoms with Crippen molar-refractivity contribution in [3.05, 3.63) is 72.3 Å². The molecule has 2 nitrogen and oxygen atoms in total. The third-order valence-electron chi connectivity index (χ3n) is 3.73. The summed E-state index contributed by atoms with van der Waals surface area (Å²) in [6.07, 6.45) is 2.06. The summed E-state index contributed by atoms with van der Waals surface area (Å²) in [6.45, 7) is 2.07. The van der Waals surface area contributed by atoms with Gasteiger partial charge in [-0.2, -0.15) is 0 Å². The Kier molecular flexibility index (Phi) is 3.05. The number of fused-ring (bicyclic) bond motifs is 1. The summed E-state index contributed by atoms with van der Waals surface area (Å²) in [6, 6.07) is 16.8. The Labute approximate surface area is 131 Å². The van der Waals surface area contributed by atoms with Gasteiger partial charge in [-0.25, -0.2) is 9.37 Å². The Bertz CT molecular complexity index is 937. The van der Waals surface area contributed by atoms with Crippen LogP contribution in [0.4, 0.5) is 4.39 Å². The van der Waals surface area contributed by atoms with Crippen LogP contribution < -0.4 is 0 Å². The zero-order chi connectivity index (χ0) is 15.1. The molecule has 0 aliphatic rings. The second kappa shape index (κ2) is 5.07. The summed E-state index contributed by atoms with van der Waals surface area (Å²) in [4.78, 5) is 6.80. The zero-order valence-corrected chi connectivity index (χ0v) is 12.8. The van der Waals surface area contributed by atoms with Crippen molar-refractivity contribution in [1.82, 2.24) is 9.38 Å². The molecule has 0 fully saturated rings. The predicted octanol–water partition coefficient (Wildman–Crippen LogP) is 5.18. The van der Waals surface area contributed by atoms with E-state index in [9.17, 15) is 4.39 Å². The lowest BCUT2D eigenvalue weighted by atomic mass is 10.1. The highest BCUT2D eigenvalue weighted by Gasteiger charge is 2.13. The van der Waals surface area contributed by atoms with Crippen LogP contribution in [0.25, 0.3) is 26.7 Å². The van der Waals surface area contributed by atoms with Crippen LogP contribution in [-0.4, -0.2) is 9.38 Å². The summed E-state index contributed by atoms with van der Waals surface area (Å²) in [5.74, 6) is -0.214. The van der Waals surface area contributed by atoms with Gasteiger partial charge in [0.15, 0.2) is 4.96 Å². The first-order chi connectivity index (χ1) is 10.7. The zero-order valence-electron chi connectivity index (χ0n) is 12.0. The van der Waals surface area contributed by atoms with E-state index in [0.29, 0.717) is 0 Å². The van der Waals surface area contributed by atoms with Crippen molar-refractivity contribution < 1.29 is 4.39 Å². The smallest absolute Gasteiger partial charge is 0.195 e. The Morgan fingerprint density at radius 3 is 2.36 bits per heavy atom. The molecule has 0 saturated heterocycles. The lowest BCUT2D eigenvalue weighted by Gasteiger charge is -2.00. The summed E-state index contributed by atoms with van der Waals surface area (Å²) < 4.78 is 15.2. The molecule has 0 unspecified atom stereocenters. The molecule has 0 amide bonds. The van der Waals surface area contributed by atoms with Gasteiger partial charge in [0, 0.05) is 17.5 Å². The van der Waals surface area contributed by atoms with E-state index < -0.39 is 0 Å². The highest BCUT2D eigenvalue weighted by atomic mass is 32.1. The van der Waals surface area contributed by atoms with E-state index in [0.717, 1.165) is 32.4 Å². The molecule has 4 heteroatoms. The van der Waals surface area contributed by atoms with Gasteiger partial charge < -0.3 is 0 Å². The topological polar surface area (TPSA) is 17.3 Å². The molecular formula is C18H13FN2S. The second-order valence-corrected chi connectivity index (χ2v) is 6.15. The van der Waals surface area contributed by atoms with Crippen LogP contribution in [0.1, 0.15) is 5.69 Å². The van der Waals surface area contributed by atoms with Gasteiger partial charge in [-0.05, 0) is 24.6 Å². The largest absolute Gasteiger partial charge is 0.294 e. The standard InChI is InChI=1S/C18H13FN2S/c1-12-17(14-7-9-15(19)10-8-14)22-18-20-16(11-21(12)18)13-5-3-2-4-6-13/h2-11H,1H3. The van der Waals surface area contributed by atoms with Gasteiger partial charge in [-0.3, -0.25) is 4.40 Å². The molecule has 4 aromatic rings. The van der Waals surface area contributed by atoms with Crippen molar-refractivity contribution in [3.8, 4) is 21.7 Å². The van der Waals surface area contributed by atoms with Crippen LogP contribution in [0, 0.1) is 12.7 Å². The SMILES string of the molecule is Cc1c(-c2ccc(F)cc2)sc2nc(-c3ccccc3)cn12. The van der Waals surface area contributed by atoms with Crippen molar-refractivity contribution in [3.63, 3.8) is 0 Å². The van der Waals surface area contributed by atoms with E-state index in [1.54, 1.807) is 11.3 Å². The van der Waals surface area contributed by atoms with E-state index >= 15 is 0 Å². The number of thiazole rings is 1. The Morgan fingerprint density at radius 1 is 0.955 bits per heavy atom. The minimum absolute atomic E-state index is 0.214. The third-order valence-corrected chi connectivity index (χ3v) is 4.94. The van der Waals surface area contributed by atoms with Crippen LogP contribution in [0.5, 0.6) is 0 Å². The number of rotatable bonds is 2. The fraction of sp³-hybridized carbons (Fsp3) is 0.0556. The predicted molar refractivity (Wildman–Crippen MR) is 88.6 cm³/mol. The molecule has 0 N–H and O–H groups in total. The number of aromatic nitrogens is 2. The van der Waals surface area contributed by atoms with Crippen LogP contribution in [-0.2, 0) is 0 Å². The minimum Gasteiger partial charge on any atom is -0.294 e. The number of benzene rings is 2.